The predicted octanol–water partition coefficient (Wildman–Crippen LogP) is 5.84. The summed E-state index contributed by atoms with van der Waals surface area (Å²) < 4.78 is 11.5. The summed E-state index contributed by atoms with van der Waals surface area (Å²) >= 11 is 7.94. The lowest BCUT2D eigenvalue weighted by Gasteiger charge is -2.06. The number of pyridine rings is 1. The van der Waals surface area contributed by atoms with E-state index in [0.29, 0.717) is 34.3 Å². The minimum Gasteiger partial charge on any atom is -0.452 e. The molecule has 0 spiro atoms. The summed E-state index contributed by atoms with van der Waals surface area (Å²) in [7, 11) is 0. The van der Waals surface area contributed by atoms with Crippen molar-refractivity contribution in [3.8, 4) is 11.3 Å². The highest BCUT2D eigenvalue weighted by atomic mass is 35.5. The van der Waals surface area contributed by atoms with Crippen molar-refractivity contribution in [1.82, 2.24) is 9.97 Å². The Morgan fingerprint density at radius 1 is 1.40 bits per heavy atom. The first-order valence-electron chi connectivity index (χ1n) is 7.67. The van der Waals surface area contributed by atoms with Crippen LogP contribution in [0.1, 0.15) is 17.6 Å². The van der Waals surface area contributed by atoms with Gasteiger partial charge in [0.2, 0.25) is 0 Å². The van der Waals surface area contributed by atoms with Crippen LogP contribution in [0.4, 0.5) is 5.69 Å². The fourth-order valence-electron chi connectivity index (χ4n) is 2.63. The van der Waals surface area contributed by atoms with Gasteiger partial charge < -0.3 is 14.2 Å². The lowest BCUT2D eigenvalue weighted by Crippen LogP contribution is -1.98. The zero-order chi connectivity index (χ0) is 17.2. The first-order chi connectivity index (χ1) is 12.3. The summed E-state index contributed by atoms with van der Waals surface area (Å²) in [6.45, 7) is 2.61. The summed E-state index contributed by atoms with van der Waals surface area (Å²) in [6, 6.07) is 5.87. The van der Waals surface area contributed by atoms with E-state index < -0.39 is 0 Å². The Balaban J connectivity index is 1.85. The van der Waals surface area contributed by atoms with Crippen LogP contribution in [0.25, 0.3) is 28.5 Å². The molecule has 4 aromatic heterocycles. The number of allylic oxidation sites excluding steroid dienone is 1. The third-order valence-corrected chi connectivity index (χ3v) is 4.74. The topological polar surface area (TPSA) is 64.1 Å². The van der Waals surface area contributed by atoms with Crippen molar-refractivity contribution in [2.24, 2.45) is 0 Å². The van der Waals surface area contributed by atoms with E-state index in [4.69, 9.17) is 20.4 Å². The molecule has 0 aliphatic carbocycles. The maximum Gasteiger partial charge on any atom is 0.181 e. The number of anilines is 1. The van der Waals surface area contributed by atoms with Crippen LogP contribution < -0.4 is 5.32 Å². The van der Waals surface area contributed by atoms with Crippen LogP contribution in [0.2, 0.25) is 5.15 Å². The fourth-order valence-corrected chi connectivity index (χ4v) is 3.46. The lowest BCUT2D eigenvalue weighted by atomic mass is 10.1. The van der Waals surface area contributed by atoms with Gasteiger partial charge in [0, 0.05) is 17.5 Å². The van der Waals surface area contributed by atoms with Crippen LogP contribution in [-0.4, -0.2) is 9.97 Å². The van der Waals surface area contributed by atoms with E-state index in [1.165, 1.54) is 11.3 Å². The monoisotopic (exact) mass is 371 g/mol. The molecule has 4 rings (SSSR count). The van der Waals surface area contributed by atoms with E-state index in [2.05, 4.69) is 21.4 Å². The Morgan fingerprint density at radius 3 is 3.04 bits per heavy atom. The number of aromatic nitrogens is 2. The second kappa shape index (κ2) is 6.74. The van der Waals surface area contributed by atoms with Gasteiger partial charge in [-0.3, -0.25) is 0 Å². The van der Waals surface area contributed by atoms with Gasteiger partial charge in [0.15, 0.2) is 17.7 Å². The number of hydrogen-bond acceptors (Lipinski definition) is 6. The molecule has 0 saturated carbocycles. The number of thiophene rings is 1. The standard InChI is InChI=1S/C18H14ClN3O2S/c1-2-4-13-16(14-9-20-10-23-14)17-18(24-13)12(7-15(19)22-17)21-8-11-5-3-6-25-11/h2-7,9-10H,8H2,1H3,(H,21,22)/b4-2-. The zero-order valence-corrected chi connectivity index (χ0v) is 14.9. The highest BCUT2D eigenvalue weighted by Crippen LogP contribution is 2.39. The van der Waals surface area contributed by atoms with Gasteiger partial charge in [-0.15, -0.1) is 11.3 Å². The minimum absolute atomic E-state index is 0.384. The normalized spacial score (nSPS) is 11.6. The quantitative estimate of drug-likeness (QED) is 0.446. The molecule has 0 amide bonds. The molecule has 0 atom stereocenters. The van der Waals surface area contributed by atoms with Gasteiger partial charge in [-0.2, -0.15) is 0 Å². The molecule has 4 aromatic rings. The molecule has 0 fully saturated rings. The summed E-state index contributed by atoms with van der Waals surface area (Å²) in [6.07, 6.45) is 6.79. The predicted molar refractivity (Wildman–Crippen MR) is 101 cm³/mol. The average molecular weight is 372 g/mol. The molecular weight excluding hydrogens is 358 g/mol. The van der Waals surface area contributed by atoms with Gasteiger partial charge in [0.25, 0.3) is 0 Å². The molecule has 1 N–H and O–H groups in total. The molecular formula is C18H14ClN3O2S. The Labute approximate surface area is 153 Å². The molecule has 4 heterocycles. The molecule has 0 saturated heterocycles. The highest BCUT2D eigenvalue weighted by Gasteiger charge is 2.21. The second-order valence-corrected chi connectivity index (χ2v) is 6.73. The molecule has 0 aromatic carbocycles. The average Bonchev–Trinajstić information content (AvgIpc) is 3.33. The number of furan rings is 1. The Bertz CT molecular complexity index is 1020. The van der Waals surface area contributed by atoms with Crippen molar-refractivity contribution in [3.05, 3.63) is 58.0 Å². The van der Waals surface area contributed by atoms with Crippen molar-refractivity contribution < 1.29 is 8.83 Å². The van der Waals surface area contributed by atoms with Crippen molar-refractivity contribution in [2.45, 2.75) is 13.5 Å². The number of fused-ring (bicyclic) bond motifs is 1. The van der Waals surface area contributed by atoms with Gasteiger partial charge in [-0.25, -0.2) is 9.97 Å². The van der Waals surface area contributed by atoms with Crippen LogP contribution in [0.15, 0.2) is 51.1 Å². The summed E-state index contributed by atoms with van der Waals surface area (Å²) in [5, 5.41) is 5.81. The van der Waals surface area contributed by atoms with Crippen LogP contribution in [-0.2, 0) is 6.54 Å². The third kappa shape index (κ3) is 3.06. The van der Waals surface area contributed by atoms with E-state index >= 15 is 0 Å². The van der Waals surface area contributed by atoms with Gasteiger partial charge >= 0.3 is 0 Å². The van der Waals surface area contributed by atoms with E-state index in [1.54, 1.807) is 23.6 Å². The molecule has 126 valence electrons. The van der Waals surface area contributed by atoms with Crippen molar-refractivity contribution in [2.75, 3.05) is 5.32 Å². The Hall–Kier alpha value is -2.57. The lowest BCUT2D eigenvalue weighted by molar-refractivity contribution is 0.566. The van der Waals surface area contributed by atoms with Gasteiger partial charge in [0.05, 0.1) is 17.4 Å². The number of nitrogens with one attached hydrogen (secondary N) is 1. The first kappa shape index (κ1) is 15.9. The number of hydrogen-bond donors (Lipinski definition) is 1. The number of nitrogens with zero attached hydrogens (tertiary/aromatic N) is 2. The van der Waals surface area contributed by atoms with Crippen molar-refractivity contribution in [1.29, 1.82) is 0 Å². The maximum absolute atomic E-state index is 6.25. The van der Waals surface area contributed by atoms with Crippen molar-refractivity contribution in [3.63, 3.8) is 0 Å². The molecule has 5 nitrogen and oxygen atoms in total. The summed E-state index contributed by atoms with van der Waals surface area (Å²) in [5.74, 6) is 1.24. The highest BCUT2D eigenvalue weighted by molar-refractivity contribution is 7.09. The zero-order valence-electron chi connectivity index (χ0n) is 13.3. The van der Waals surface area contributed by atoms with Crippen LogP contribution in [0.3, 0.4) is 0 Å². The van der Waals surface area contributed by atoms with E-state index in [9.17, 15) is 0 Å². The number of oxazole rings is 1. The van der Waals surface area contributed by atoms with E-state index in [0.717, 1.165) is 11.3 Å². The van der Waals surface area contributed by atoms with E-state index in [1.807, 2.05) is 30.5 Å². The number of rotatable bonds is 5. The smallest absolute Gasteiger partial charge is 0.181 e. The molecule has 0 aliphatic rings. The molecule has 0 radical (unpaired) electrons. The molecule has 7 heteroatoms. The van der Waals surface area contributed by atoms with Gasteiger partial charge in [-0.1, -0.05) is 23.7 Å². The maximum atomic E-state index is 6.25. The van der Waals surface area contributed by atoms with Crippen molar-refractivity contribution >= 4 is 45.8 Å². The molecule has 0 bridgehead atoms. The van der Waals surface area contributed by atoms with Gasteiger partial charge in [-0.05, 0) is 24.4 Å². The van der Waals surface area contributed by atoms with E-state index in [-0.39, 0.29) is 0 Å². The van der Waals surface area contributed by atoms with Gasteiger partial charge in [0.1, 0.15) is 16.4 Å². The fraction of sp³-hybridized carbons (Fsp3) is 0.111. The molecule has 0 unspecified atom stereocenters. The summed E-state index contributed by atoms with van der Waals surface area (Å²) in [5.41, 5.74) is 2.82. The third-order valence-electron chi connectivity index (χ3n) is 3.67. The van der Waals surface area contributed by atoms with Crippen LogP contribution in [0, 0.1) is 0 Å². The first-order valence-corrected chi connectivity index (χ1v) is 8.93. The number of halogens is 1. The minimum atomic E-state index is 0.384. The van der Waals surface area contributed by atoms with Crippen LogP contribution >= 0.6 is 22.9 Å². The largest absolute Gasteiger partial charge is 0.452 e. The summed E-state index contributed by atoms with van der Waals surface area (Å²) in [4.78, 5) is 9.67. The molecule has 0 aliphatic heterocycles. The SMILES string of the molecule is C/C=C\c1oc2c(NCc3cccs3)cc(Cl)nc2c1-c1cnco1. The van der Waals surface area contributed by atoms with Crippen LogP contribution in [0.5, 0.6) is 0 Å². The second-order valence-electron chi connectivity index (χ2n) is 5.31. The Kier molecular flexibility index (Phi) is 4.29. The molecule has 25 heavy (non-hydrogen) atoms. The Morgan fingerprint density at radius 2 is 2.32 bits per heavy atom.